The van der Waals surface area contributed by atoms with Crippen molar-refractivity contribution in [1.29, 1.82) is 0 Å². The number of rotatable bonds is 3. The molecule has 2 aromatic carbocycles. The zero-order valence-corrected chi connectivity index (χ0v) is 11.5. The third-order valence-electron chi connectivity index (χ3n) is 2.60. The van der Waals surface area contributed by atoms with Gasteiger partial charge in [0, 0.05) is 10.2 Å². The van der Waals surface area contributed by atoms with Crippen LogP contribution in [0.1, 0.15) is 15.9 Å². The molecule has 0 saturated heterocycles. The Bertz CT molecular complexity index is 596. The molecule has 0 radical (unpaired) electrons. The molecule has 1 amide bonds. The lowest BCUT2D eigenvalue weighted by Gasteiger charge is -2.07. The molecular weight excluding hydrogens is 310 g/mol. The quantitative estimate of drug-likeness (QED) is 0.814. The molecule has 0 atom stereocenters. The molecule has 4 nitrogen and oxygen atoms in total. The third kappa shape index (κ3) is 3.33. The SMILES string of the molecule is O=C(Nc1ccc(CO)cc1)c1ccc(Br)cc1O. The second-order valence-electron chi connectivity index (χ2n) is 3.97. The topological polar surface area (TPSA) is 69.6 Å². The molecule has 98 valence electrons. The van der Waals surface area contributed by atoms with E-state index in [1.54, 1.807) is 30.3 Å². The molecule has 0 fully saturated rings. The van der Waals surface area contributed by atoms with E-state index in [1.807, 2.05) is 0 Å². The van der Waals surface area contributed by atoms with Gasteiger partial charge < -0.3 is 15.5 Å². The number of nitrogens with one attached hydrogen (secondary N) is 1. The minimum absolute atomic E-state index is 0.0400. The Hall–Kier alpha value is -1.85. The highest BCUT2D eigenvalue weighted by Crippen LogP contribution is 2.23. The van der Waals surface area contributed by atoms with Crippen molar-refractivity contribution in [3.63, 3.8) is 0 Å². The summed E-state index contributed by atoms with van der Waals surface area (Å²) >= 11 is 3.21. The van der Waals surface area contributed by atoms with E-state index in [4.69, 9.17) is 5.11 Å². The zero-order valence-electron chi connectivity index (χ0n) is 9.93. The lowest BCUT2D eigenvalue weighted by atomic mass is 10.1. The smallest absolute Gasteiger partial charge is 0.259 e. The van der Waals surface area contributed by atoms with Gasteiger partial charge in [-0.25, -0.2) is 0 Å². The predicted molar refractivity (Wildman–Crippen MR) is 76.1 cm³/mol. The maximum absolute atomic E-state index is 12.0. The van der Waals surface area contributed by atoms with Crippen molar-refractivity contribution in [2.24, 2.45) is 0 Å². The molecule has 19 heavy (non-hydrogen) atoms. The Morgan fingerprint density at radius 1 is 1.16 bits per heavy atom. The number of hydrogen-bond acceptors (Lipinski definition) is 3. The summed E-state index contributed by atoms with van der Waals surface area (Å²) in [6.45, 7) is -0.0400. The number of hydrogen-bond donors (Lipinski definition) is 3. The van der Waals surface area contributed by atoms with Gasteiger partial charge in [0.15, 0.2) is 0 Å². The van der Waals surface area contributed by atoms with Gasteiger partial charge in [-0.15, -0.1) is 0 Å². The summed E-state index contributed by atoms with van der Waals surface area (Å²) in [5, 5.41) is 21.3. The molecule has 3 N–H and O–H groups in total. The van der Waals surface area contributed by atoms with Crippen LogP contribution in [0.2, 0.25) is 0 Å². The number of amides is 1. The Balaban J connectivity index is 2.15. The highest BCUT2D eigenvalue weighted by molar-refractivity contribution is 9.10. The maximum Gasteiger partial charge on any atom is 0.259 e. The largest absolute Gasteiger partial charge is 0.507 e. The van der Waals surface area contributed by atoms with Gasteiger partial charge in [-0.3, -0.25) is 4.79 Å². The second-order valence-corrected chi connectivity index (χ2v) is 4.89. The Labute approximate surface area is 118 Å². The zero-order chi connectivity index (χ0) is 13.8. The summed E-state index contributed by atoms with van der Waals surface area (Å²) in [4.78, 5) is 12.0. The van der Waals surface area contributed by atoms with E-state index in [9.17, 15) is 9.90 Å². The third-order valence-corrected chi connectivity index (χ3v) is 3.09. The van der Waals surface area contributed by atoms with Gasteiger partial charge in [-0.1, -0.05) is 28.1 Å². The first-order chi connectivity index (χ1) is 9.10. The number of aliphatic hydroxyl groups is 1. The number of carbonyl (C=O) groups is 1. The van der Waals surface area contributed by atoms with E-state index in [0.717, 1.165) is 5.56 Å². The molecule has 2 rings (SSSR count). The second kappa shape index (κ2) is 5.86. The molecule has 0 aliphatic heterocycles. The highest BCUT2D eigenvalue weighted by atomic mass is 79.9. The van der Waals surface area contributed by atoms with Crippen LogP contribution in [0.4, 0.5) is 5.69 Å². The summed E-state index contributed by atoms with van der Waals surface area (Å²) in [5.41, 5.74) is 1.57. The fraction of sp³-hybridized carbons (Fsp3) is 0.0714. The minimum atomic E-state index is -0.387. The maximum atomic E-state index is 12.0. The number of benzene rings is 2. The molecular formula is C14H12BrNO3. The molecule has 0 aliphatic rings. The van der Waals surface area contributed by atoms with E-state index >= 15 is 0 Å². The molecule has 0 saturated carbocycles. The molecule has 2 aromatic rings. The summed E-state index contributed by atoms with van der Waals surface area (Å²) in [6, 6.07) is 11.5. The standard InChI is InChI=1S/C14H12BrNO3/c15-10-3-6-12(13(18)7-10)14(19)16-11-4-1-9(8-17)2-5-11/h1-7,17-18H,8H2,(H,16,19). The van der Waals surface area contributed by atoms with Crippen molar-refractivity contribution in [3.05, 3.63) is 58.1 Å². The Morgan fingerprint density at radius 3 is 2.42 bits per heavy atom. The van der Waals surface area contributed by atoms with Crippen LogP contribution >= 0.6 is 15.9 Å². The molecule has 0 bridgehead atoms. The number of halogens is 1. The van der Waals surface area contributed by atoms with Crippen molar-refractivity contribution >= 4 is 27.5 Å². The number of aliphatic hydroxyl groups excluding tert-OH is 1. The van der Waals surface area contributed by atoms with Gasteiger partial charge in [0.05, 0.1) is 12.2 Å². The highest BCUT2D eigenvalue weighted by Gasteiger charge is 2.11. The van der Waals surface area contributed by atoms with Crippen LogP contribution in [0.25, 0.3) is 0 Å². The number of carbonyl (C=O) groups excluding carboxylic acids is 1. The summed E-state index contributed by atoms with van der Waals surface area (Å²) < 4.78 is 0.703. The van der Waals surface area contributed by atoms with E-state index < -0.39 is 0 Å². The van der Waals surface area contributed by atoms with E-state index in [2.05, 4.69) is 21.2 Å². The van der Waals surface area contributed by atoms with Crippen molar-refractivity contribution in [2.45, 2.75) is 6.61 Å². The predicted octanol–water partition coefficient (Wildman–Crippen LogP) is 2.90. The average Bonchev–Trinajstić information content (AvgIpc) is 2.39. The Morgan fingerprint density at radius 2 is 1.84 bits per heavy atom. The van der Waals surface area contributed by atoms with E-state index in [0.29, 0.717) is 10.2 Å². The fourth-order valence-corrected chi connectivity index (χ4v) is 1.94. The molecule has 5 heteroatoms. The fourth-order valence-electron chi connectivity index (χ4n) is 1.59. The van der Waals surface area contributed by atoms with Crippen LogP contribution in [0, 0.1) is 0 Å². The Kier molecular flexibility index (Phi) is 4.19. The van der Waals surface area contributed by atoms with Gasteiger partial charge in [0.2, 0.25) is 0 Å². The van der Waals surface area contributed by atoms with Crippen LogP contribution in [-0.2, 0) is 6.61 Å². The lowest BCUT2D eigenvalue weighted by Crippen LogP contribution is -2.12. The molecule has 0 spiro atoms. The molecule has 0 aromatic heterocycles. The van der Waals surface area contributed by atoms with Crippen LogP contribution < -0.4 is 5.32 Å². The van der Waals surface area contributed by atoms with Gasteiger partial charge in [-0.2, -0.15) is 0 Å². The normalized spacial score (nSPS) is 10.2. The van der Waals surface area contributed by atoms with Crippen molar-refractivity contribution < 1.29 is 15.0 Å². The summed E-state index contributed by atoms with van der Waals surface area (Å²) in [5.74, 6) is -0.472. The van der Waals surface area contributed by atoms with E-state index in [-0.39, 0.29) is 23.8 Å². The first-order valence-corrected chi connectivity index (χ1v) is 6.39. The average molecular weight is 322 g/mol. The number of phenols is 1. The van der Waals surface area contributed by atoms with Crippen LogP contribution in [0.3, 0.4) is 0 Å². The molecule has 0 unspecified atom stereocenters. The summed E-state index contributed by atoms with van der Waals surface area (Å²) in [7, 11) is 0. The lowest BCUT2D eigenvalue weighted by molar-refractivity contribution is 0.102. The minimum Gasteiger partial charge on any atom is -0.507 e. The van der Waals surface area contributed by atoms with E-state index in [1.165, 1.54) is 12.1 Å². The monoisotopic (exact) mass is 321 g/mol. The van der Waals surface area contributed by atoms with Crippen LogP contribution in [-0.4, -0.2) is 16.1 Å². The van der Waals surface area contributed by atoms with Gasteiger partial charge >= 0.3 is 0 Å². The number of phenolic OH excluding ortho intramolecular Hbond substituents is 1. The van der Waals surface area contributed by atoms with Gasteiger partial charge in [0.1, 0.15) is 5.75 Å². The first-order valence-electron chi connectivity index (χ1n) is 5.60. The molecule has 0 aliphatic carbocycles. The van der Waals surface area contributed by atoms with Crippen molar-refractivity contribution in [2.75, 3.05) is 5.32 Å². The van der Waals surface area contributed by atoms with Crippen LogP contribution in [0.15, 0.2) is 46.9 Å². The van der Waals surface area contributed by atoms with Crippen molar-refractivity contribution in [1.82, 2.24) is 0 Å². The number of aromatic hydroxyl groups is 1. The first kappa shape index (κ1) is 13.6. The van der Waals surface area contributed by atoms with Crippen LogP contribution in [0.5, 0.6) is 5.75 Å². The molecule has 0 heterocycles. The van der Waals surface area contributed by atoms with Gasteiger partial charge in [-0.05, 0) is 35.9 Å². The number of anilines is 1. The summed E-state index contributed by atoms with van der Waals surface area (Å²) in [6.07, 6.45) is 0. The van der Waals surface area contributed by atoms with Crippen molar-refractivity contribution in [3.8, 4) is 5.75 Å². The van der Waals surface area contributed by atoms with Gasteiger partial charge in [0.25, 0.3) is 5.91 Å².